The van der Waals surface area contributed by atoms with Crippen LogP contribution in [-0.2, 0) is 6.54 Å². The van der Waals surface area contributed by atoms with Gasteiger partial charge in [-0.25, -0.2) is 0 Å². The molecule has 0 aliphatic rings. The number of hydrogen-bond donors (Lipinski definition) is 2. The van der Waals surface area contributed by atoms with Crippen LogP contribution in [0.4, 0.5) is 0 Å². The number of benzene rings is 1. The van der Waals surface area contributed by atoms with Gasteiger partial charge in [0.2, 0.25) is 5.96 Å². The number of guanidine groups is 1. The minimum Gasteiger partial charge on any atom is -0.408 e. The maximum atomic E-state index is 8.40. The summed E-state index contributed by atoms with van der Waals surface area (Å²) in [7, 11) is 1.77. The van der Waals surface area contributed by atoms with E-state index in [1.54, 1.807) is 11.9 Å². The number of nitrogens with zero attached hydrogens (tertiary/aromatic N) is 2. The van der Waals surface area contributed by atoms with Crippen molar-refractivity contribution in [3.05, 3.63) is 35.9 Å². The van der Waals surface area contributed by atoms with Crippen molar-refractivity contribution in [2.24, 2.45) is 10.9 Å². The van der Waals surface area contributed by atoms with Gasteiger partial charge in [0, 0.05) is 13.6 Å². The SMILES string of the molecule is CN(Cc1ccccc1)/C(N)=N/O.Cl. The highest BCUT2D eigenvalue weighted by atomic mass is 35.5. The van der Waals surface area contributed by atoms with Crippen molar-refractivity contribution in [2.75, 3.05) is 7.05 Å². The van der Waals surface area contributed by atoms with Crippen LogP contribution < -0.4 is 5.73 Å². The lowest BCUT2D eigenvalue weighted by Gasteiger charge is -2.16. The fourth-order valence-corrected chi connectivity index (χ4v) is 1.01. The van der Waals surface area contributed by atoms with E-state index in [0.29, 0.717) is 6.54 Å². The first kappa shape index (κ1) is 12.6. The number of halogens is 1. The van der Waals surface area contributed by atoms with E-state index in [1.807, 2.05) is 30.3 Å². The Morgan fingerprint density at radius 1 is 1.43 bits per heavy atom. The molecule has 78 valence electrons. The highest BCUT2D eigenvalue weighted by Gasteiger charge is 2.01. The van der Waals surface area contributed by atoms with E-state index in [9.17, 15) is 0 Å². The van der Waals surface area contributed by atoms with Crippen LogP contribution in [0, 0.1) is 0 Å². The van der Waals surface area contributed by atoms with Gasteiger partial charge in [-0.15, -0.1) is 12.4 Å². The van der Waals surface area contributed by atoms with Gasteiger partial charge in [0.25, 0.3) is 0 Å². The normalized spacial score (nSPS) is 10.5. The molecule has 1 aromatic carbocycles. The highest BCUT2D eigenvalue weighted by molar-refractivity contribution is 5.85. The summed E-state index contributed by atoms with van der Waals surface area (Å²) in [6.07, 6.45) is 0. The molecule has 14 heavy (non-hydrogen) atoms. The summed E-state index contributed by atoms with van der Waals surface area (Å²) in [5, 5.41) is 11.3. The van der Waals surface area contributed by atoms with Gasteiger partial charge in [-0.1, -0.05) is 35.5 Å². The Labute approximate surface area is 89.4 Å². The Kier molecular flexibility index (Phi) is 5.48. The Balaban J connectivity index is 0.00000169. The standard InChI is InChI=1S/C9H13N3O.ClH/c1-12(9(10)11-13)7-8-5-3-2-4-6-8;/h2-6,13H,7H2,1H3,(H2,10,11);1H. The van der Waals surface area contributed by atoms with Crippen molar-refractivity contribution >= 4 is 18.4 Å². The minimum absolute atomic E-state index is 0. The van der Waals surface area contributed by atoms with Crippen LogP contribution in [0.15, 0.2) is 35.5 Å². The van der Waals surface area contributed by atoms with E-state index in [-0.39, 0.29) is 18.4 Å². The van der Waals surface area contributed by atoms with Gasteiger partial charge in [-0.2, -0.15) is 0 Å². The molecule has 0 radical (unpaired) electrons. The van der Waals surface area contributed by atoms with E-state index in [1.165, 1.54) is 0 Å². The number of rotatable bonds is 2. The van der Waals surface area contributed by atoms with Crippen molar-refractivity contribution in [2.45, 2.75) is 6.54 Å². The predicted octanol–water partition coefficient (Wildman–Crippen LogP) is 1.24. The second-order valence-electron chi connectivity index (χ2n) is 2.80. The second kappa shape index (κ2) is 6.10. The summed E-state index contributed by atoms with van der Waals surface area (Å²) in [5.41, 5.74) is 6.51. The molecular weight excluding hydrogens is 202 g/mol. The monoisotopic (exact) mass is 215 g/mol. The summed E-state index contributed by atoms with van der Waals surface area (Å²) in [4.78, 5) is 1.66. The van der Waals surface area contributed by atoms with Crippen LogP contribution in [0.5, 0.6) is 0 Å². The molecule has 5 heteroatoms. The molecule has 1 aromatic rings. The Hall–Kier alpha value is -1.42. The van der Waals surface area contributed by atoms with Crippen molar-refractivity contribution in [3.8, 4) is 0 Å². The minimum atomic E-state index is 0. The topological polar surface area (TPSA) is 61.8 Å². The summed E-state index contributed by atoms with van der Waals surface area (Å²) in [5.74, 6) is 0.115. The molecule has 0 aliphatic carbocycles. The fraction of sp³-hybridized carbons (Fsp3) is 0.222. The van der Waals surface area contributed by atoms with Crippen LogP contribution in [0.25, 0.3) is 0 Å². The fourth-order valence-electron chi connectivity index (χ4n) is 1.01. The Morgan fingerprint density at radius 3 is 2.50 bits per heavy atom. The van der Waals surface area contributed by atoms with Crippen LogP contribution in [0.2, 0.25) is 0 Å². The smallest absolute Gasteiger partial charge is 0.233 e. The third-order valence-electron chi connectivity index (χ3n) is 1.76. The molecule has 0 aromatic heterocycles. The number of oxime groups is 1. The molecule has 0 atom stereocenters. The first-order valence-electron chi connectivity index (χ1n) is 3.96. The van der Waals surface area contributed by atoms with Gasteiger partial charge in [0.05, 0.1) is 0 Å². The molecule has 0 unspecified atom stereocenters. The average Bonchev–Trinajstić information content (AvgIpc) is 2.18. The zero-order chi connectivity index (χ0) is 9.68. The quantitative estimate of drug-likeness (QED) is 0.338. The van der Waals surface area contributed by atoms with Gasteiger partial charge in [-0.05, 0) is 5.56 Å². The van der Waals surface area contributed by atoms with E-state index in [4.69, 9.17) is 10.9 Å². The molecule has 0 bridgehead atoms. The first-order valence-corrected chi connectivity index (χ1v) is 3.96. The number of hydrogen-bond acceptors (Lipinski definition) is 2. The summed E-state index contributed by atoms with van der Waals surface area (Å²) < 4.78 is 0. The maximum Gasteiger partial charge on any atom is 0.233 e. The third kappa shape index (κ3) is 3.53. The average molecular weight is 216 g/mol. The second-order valence-corrected chi connectivity index (χ2v) is 2.80. The predicted molar refractivity (Wildman–Crippen MR) is 58.6 cm³/mol. The Morgan fingerprint density at radius 2 is 2.00 bits per heavy atom. The largest absolute Gasteiger partial charge is 0.408 e. The molecule has 4 nitrogen and oxygen atoms in total. The van der Waals surface area contributed by atoms with Crippen LogP contribution in [0.3, 0.4) is 0 Å². The first-order chi connectivity index (χ1) is 6.24. The molecule has 0 saturated heterocycles. The molecule has 0 heterocycles. The van der Waals surface area contributed by atoms with Gasteiger partial charge < -0.3 is 15.8 Å². The van der Waals surface area contributed by atoms with Crippen LogP contribution in [0.1, 0.15) is 5.56 Å². The van der Waals surface area contributed by atoms with Crippen molar-refractivity contribution in [3.63, 3.8) is 0 Å². The lowest BCUT2D eigenvalue weighted by atomic mass is 10.2. The van der Waals surface area contributed by atoms with E-state index < -0.39 is 0 Å². The summed E-state index contributed by atoms with van der Waals surface area (Å²) in [6, 6.07) is 9.83. The van der Waals surface area contributed by atoms with Gasteiger partial charge in [0.1, 0.15) is 0 Å². The zero-order valence-electron chi connectivity index (χ0n) is 7.92. The van der Waals surface area contributed by atoms with E-state index >= 15 is 0 Å². The maximum absolute atomic E-state index is 8.40. The van der Waals surface area contributed by atoms with E-state index in [2.05, 4.69) is 5.16 Å². The lowest BCUT2D eigenvalue weighted by Crippen LogP contribution is -2.33. The van der Waals surface area contributed by atoms with E-state index in [0.717, 1.165) is 5.56 Å². The summed E-state index contributed by atoms with van der Waals surface area (Å²) in [6.45, 7) is 0.636. The van der Waals surface area contributed by atoms with Gasteiger partial charge >= 0.3 is 0 Å². The highest BCUT2D eigenvalue weighted by Crippen LogP contribution is 2.01. The Bertz CT molecular complexity index is 289. The lowest BCUT2D eigenvalue weighted by molar-refractivity contribution is 0.304. The van der Waals surface area contributed by atoms with Crippen molar-refractivity contribution in [1.29, 1.82) is 0 Å². The van der Waals surface area contributed by atoms with Gasteiger partial charge in [0.15, 0.2) is 0 Å². The van der Waals surface area contributed by atoms with Crippen LogP contribution in [-0.4, -0.2) is 23.1 Å². The molecule has 3 N–H and O–H groups in total. The molecule has 0 fully saturated rings. The molecule has 0 aliphatic heterocycles. The van der Waals surface area contributed by atoms with Gasteiger partial charge in [-0.3, -0.25) is 0 Å². The molecule has 0 spiro atoms. The molecular formula is C9H14ClN3O. The molecule has 1 rings (SSSR count). The molecule has 0 amide bonds. The zero-order valence-corrected chi connectivity index (χ0v) is 8.74. The number of nitrogens with two attached hydrogens (primary N) is 1. The van der Waals surface area contributed by atoms with Crippen molar-refractivity contribution in [1.82, 2.24) is 4.90 Å². The third-order valence-corrected chi connectivity index (χ3v) is 1.76. The summed E-state index contributed by atoms with van der Waals surface area (Å²) >= 11 is 0. The van der Waals surface area contributed by atoms with Crippen LogP contribution >= 0.6 is 12.4 Å². The molecule has 0 saturated carbocycles. The van der Waals surface area contributed by atoms with Crippen molar-refractivity contribution < 1.29 is 5.21 Å².